The van der Waals surface area contributed by atoms with Crippen molar-refractivity contribution in [2.24, 2.45) is 0 Å². The number of aryl methyl sites for hydroxylation is 1. The fraction of sp³-hybridized carbons (Fsp3) is 0.417. The Morgan fingerprint density at radius 3 is 2.21 bits per heavy atom. The van der Waals surface area contributed by atoms with Crippen molar-refractivity contribution < 1.29 is 26.8 Å². The van der Waals surface area contributed by atoms with Gasteiger partial charge in [-0.25, -0.2) is 17.2 Å². The predicted molar refractivity (Wildman–Crippen MR) is 125 cm³/mol. The highest BCUT2D eigenvalue weighted by Gasteiger charge is 2.25. The van der Waals surface area contributed by atoms with Gasteiger partial charge < -0.3 is 10.2 Å². The number of piperidine rings is 1. The van der Waals surface area contributed by atoms with Crippen molar-refractivity contribution in [3.8, 4) is 0 Å². The first-order valence-electron chi connectivity index (χ1n) is 11.3. The van der Waals surface area contributed by atoms with Gasteiger partial charge in [0.15, 0.2) is 0 Å². The lowest BCUT2D eigenvalue weighted by molar-refractivity contribution is -0.134. The number of nitrogens with zero attached hydrogens (tertiary/aromatic N) is 2. The molecule has 10 heteroatoms. The number of amides is 2. The van der Waals surface area contributed by atoms with Gasteiger partial charge in [-0.05, 0) is 56.0 Å². The fourth-order valence-electron chi connectivity index (χ4n) is 3.84. The number of para-hydroxylation sites is 1. The van der Waals surface area contributed by atoms with Crippen LogP contribution < -0.4 is 5.32 Å². The molecule has 184 valence electrons. The Balaban J connectivity index is 1.54. The lowest BCUT2D eigenvalue weighted by Gasteiger charge is -2.25. The molecule has 0 atom stereocenters. The molecule has 0 aromatic heterocycles. The third-order valence-electron chi connectivity index (χ3n) is 5.80. The summed E-state index contributed by atoms with van der Waals surface area (Å²) in [5.41, 5.74) is 0.246. The Hall–Kier alpha value is -2.85. The highest BCUT2D eigenvalue weighted by molar-refractivity contribution is 7.89. The minimum absolute atomic E-state index is 0.105. The van der Waals surface area contributed by atoms with Gasteiger partial charge in [0.25, 0.3) is 0 Å². The van der Waals surface area contributed by atoms with E-state index in [2.05, 4.69) is 5.32 Å². The number of likely N-dealkylation sites (N-methyl/N-ethyl adjacent to an activating group) is 1. The molecule has 7 nitrogen and oxygen atoms in total. The van der Waals surface area contributed by atoms with Crippen molar-refractivity contribution in [2.45, 2.75) is 43.9 Å². The van der Waals surface area contributed by atoms with Gasteiger partial charge >= 0.3 is 0 Å². The maximum Gasteiger partial charge on any atom is 0.244 e. The van der Waals surface area contributed by atoms with Crippen LogP contribution in [0.15, 0.2) is 47.4 Å². The van der Waals surface area contributed by atoms with E-state index in [9.17, 15) is 26.8 Å². The van der Waals surface area contributed by atoms with Crippen molar-refractivity contribution in [1.82, 2.24) is 9.21 Å². The standard InChI is InChI=1S/C24H29F2N3O4S/c1-2-28(17-22(30)27-24-20(25)7-6-8-21(24)26)23(31)14-11-18-9-12-19(13-10-18)34(32,33)29-15-4-3-5-16-29/h6-10,12-13H,2-5,11,14-17H2,1H3,(H,27,30). The molecule has 0 aliphatic carbocycles. The summed E-state index contributed by atoms with van der Waals surface area (Å²) in [7, 11) is -3.51. The van der Waals surface area contributed by atoms with E-state index in [1.54, 1.807) is 31.2 Å². The van der Waals surface area contributed by atoms with Gasteiger partial charge in [0.1, 0.15) is 17.3 Å². The van der Waals surface area contributed by atoms with Crippen LogP contribution in [0.2, 0.25) is 0 Å². The van der Waals surface area contributed by atoms with Crippen molar-refractivity contribution in [2.75, 3.05) is 31.5 Å². The average Bonchev–Trinajstić information content (AvgIpc) is 2.84. The van der Waals surface area contributed by atoms with Crippen LogP contribution in [0.25, 0.3) is 0 Å². The Morgan fingerprint density at radius 2 is 1.62 bits per heavy atom. The van der Waals surface area contributed by atoms with E-state index in [1.165, 1.54) is 15.3 Å². The van der Waals surface area contributed by atoms with Crippen LogP contribution >= 0.6 is 0 Å². The van der Waals surface area contributed by atoms with Gasteiger partial charge in [0.05, 0.1) is 11.4 Å². The minimum atomic E-state index is -3.51. The summed E-state index contributed by atoms with van der Waals surface area (Å²) in [5, 5.41) is 2.18. The fourth-order valence-corrected chi connectivity index (χ4v) is 5.35. The maximum absolute atomic E-state index is 13.7. The predicted octanol–water partition coefficient (Wildman–Crippen LogP) is 3.56. The molecule has 1 N–H and O–H groups in total. The first kappa shape index (κ1) is 25.8. The number of nitrogens with one attached hydrogen (secondary N) is 1. The second-order valence-corrected chi connectivity index (χ2v) is 10.1. The van der Waals surface area contributed by atoms with E-state index >= 15 is 0 Å². The summed E-state index contributed by atoms with van der Waals surface area (Å²) in [6.45, 7) is 2.68. The molecule has 3 rings (SSSR count). The van der Waals surface area contributed by atoms with Gasteiger partial charge in [0, 0.05) is 26.1 Å². The Labute approximate surface area is 198 Å². The zero-order chi connectivity index (χ0) is 24.7. The van der Waals surface area contributed by atoms with Crippen LogP contribution in [0, 0.1) is 11.6 Å². The smallest absolute Gasteiger partial charge is 0.244 e. The number of halogens is 2. The number of hydrogen-bond donors (Lipinski definition) is 1. The van der Waals surface area contributed by atoms with E-state index < -0.39 is 33.3 Å². The number of carbonyl (C=O) groups excluding carboxylic acids is 2. The van der Waals surface area contributed by atoms with Crippen LogP contribution in [-0.2, 0) is 26.0 Å². The summed E-state index contributed by atoms with van der Waals surface area (Å²) in [4.78, 5) is 26.4. The second kappa shape index (κ2) is 11.5. The first-order valence-corrected chi connectivity index (χ1v) is 12.8. The Kier molecular flexibility index (Phi) is 8.73. The highest BCUT2D eigenvalue weighted by atomic mass is 32.2. The maximum atomic E-state index is 13.7. The second-order valence-electron chi connectivity index (χ2n) is 8.16. The van der Waals surface area contributed by atoms with E-state index in [1.807, 2.05) is 0 Å². The third kappa shape index (κ3) is 6.38. The van der Waals surface area contributed by atoms with E-state index in [0.717, 1.165) is 37.0 Å². The molecule has 0 saturated carbocycles. The third-order valence-corrected chi connectivity index (χ3v) is 7.71. The molecule has 2 amide bonds. The summed E-state index contributed by atoms with van der Waals surface area (Å²) in [6.07, 6.45) is 3.23. The van der Waals surface area contributed by atoms with Gasteiger partial charge in [0.2, 0.25) is 21.8 Å². The molecule has 1 aliphatic rings. The van der Waals surface area contributed by atoms with Gasteiger partial charge in [-0.2, -0.15) is 4.31 Å². The molecule has 0 bridgehead atoms. The van der Waals surface area contributed by atoms with Gasteiger partial charge in [-0.15, -0.1) is 0 Å². The highest BCUT2D eigenvalue weighted by Crippen LogP contribution is 2.21. The summed E-state index contributed by atoms with van der Waals surface area (Å²) < 4.78 is 54.5. The van der Waals surface area contributed by atoms with Crippen LogP contribution in [-0.4, -0.2) is 55.6 Å². The number of rotatable bonds is 9. The summed E-state index contributed by atoms with van der Waals surface area (Å²) >= 11 is 0. The largest absolute Gasteiger partial charge is 0.334 e. The number of carbonyl (C=O) groups is 2. The number of sulfonamides is 1. The minimum Gasteiger partial charge on any atom is -0.334 e. The molecule has 34 heavy (non-hydrogen) atoms. The molecule has 0 unspecified atom stereocenters. The van der Waals surface area contributed by atoms with Gasteiger partial charge in [-0.1, -0.05) is 24.6 Å². The zero-order valence-electron chi connectivity index (χ0n) is 19.1. The molecule has 2 aromatic rings. The molecule has 1 saturated heterocycles. The topological polar surface area (TPSA) is 86.8 Å². The molecule has 0 radical (unpaired) electrons. The first-order chi connectivity index (χ1) is 16.2. The Bertz CT molecular complexity index is 1100. The lowest BCUT2D eigenvalue weighted by atomic mass is 10.1. The van der Waals surface area contributed by atoms with Crippen LogP contribution in [0.1, 0.15) is 38.2 Å². The van der Waals surface area contributed by atoms with Crippen LogP contribution in [0.3, 0.4) is 0 Å². The number of anilines is 1. The molecule has 1 fully saturated rings. The quantitative estimate of drug-likeness (QED) is 0.579. The molecule has 2 aromatic carbocycles. The molecule has 0 spiro atoms. The molecule has 1 heterocycles. The van der Waals surface area contributed by atoms with Crippen molar-refractivity contribution in [3.63, 3.8) is 0 Å². The van der Waals surface area contributed by atoms with Crippen molar-refractivity contribution >= 4 is 27.5 Å². The monoisotopic (exact) mass is 493 g/mol. The van der Waals surface area contributed by atoms with Crippen molar-refractivity contribution in [1.29, 1.82) is 0 Å². The zero-order valence-corrected chi connectivity index (χ0v) is 19.9. The van der Waals surface area contributed by atoms with Gasteiger partial charge in [-0.3, -0.25) is 9.59 Å². The van der Waals surface area contributed by atoms with E-state index in [0.29, 0.717) is 19.5 Å². The van der Waals surface area contributed by atoms with E-state index in [-0.39, 0.29) is 30.3 Å². The summed E-state index contributed by atoms with van der Waals surface area (Å²) in [5.74, 6) is -2.79. The number of hydrogen-bond acceptors (Lipinski definition) is 4. The SMILES string of the molecule is CCN(CC(=O)Nc1c(F)cccc1F)C(=O)CCc1ccc(S(=O)(=O)N2CCCCC2)cc1. The Morgan fingerprint density at radius 1 is 1.00 bits per heavy atom. The normalized spacial score (nSPS) is 14.6. The molecular weight excluding hydrogens is 464 g/mol. The molecular formula is C24H29F2N3O4S. The van der Waals surface area contributed by atoms with Crippen LogP contribution in [0.4, 0.5) is 14.5 Å². The number of benzene rings is 2. The van der Waals surface area contributed by atoms with E-state index in [4.69, 9.17) is 0 Å². The lowest BCUT2D eigenvalue weighted by Crippen LogP contribution is -2.38. The molecule has 1 aliphatic heterocycles. The average molecular weight is 494 g/mol. The summed E-state index contributed by atoms with van der Waals surface area (Å²) in [6, 6.07) is 9.74. The van der Waals surface area contributed by atoms with Crippen molar-refractivity contribution in [3.05, 3.63) is 59.7 Å². The van der Waals surface area contributed by atoms with Crippen LogP contribution in [0.5, 0.6) is 0 Å².